The van der Waals surface area contributed by atoms with Gasteiger partial charge in [0.2, 0.25) is 21.8 Å². The first-order chi connectivity index (χ1) is 18.4. The lowest BCUT2D eigenvalue weighted by Crippen LogP contribution is -2.56. The third kappa shape index (κ3) is 8.68. The van der Waals surface area contributed by atoms with E-state index in [0.717, 1.165) is 27.3 Å². The molecule has 3 aromatic carbocycles. The zero-order valence-electron chi connectivity index (χ0n) is 23.4. The zero-order valence-corrected chi connectivity index (χ0v) is 24.2. The molecule has 7 nitrogen and oxygen atoms in total. The largest absolute Gasteiger partial charge is 0.350 e. The van der Waals surface area contributed by atoms with Crippen LogP contribution in [0.3, 0.4) is 0 Å². The van der Waals surface area contributed by atoms with Crippen molar-refractivity contribution in [3.63, 3.8) is 0 Å². The monoisotopic (exact) mass is 549 g/mol. The fourth-order valence-electron chi connectivity index (χ4n) is 4.43. The average Bonchev–Trinajstić information content (AvgIpc) is 2.88. The van der Waals surface area contributed by atoms with Crippen molar-refractivity contribution in [3.8, 4) is 0 Å². The molecule has 208 valence electrons. The minimum absolute atomic E-state index is 0.155. The molecular formula is C31H39N3O4S. The van der Waals surface area contributed by atoms with E-state index in [-0.39, 0.29) is 18.9 Å². The summed E-state index contributed by atoms with van der Waals surface area (Å²) < 4.78 is 27.1. The Bertz CT molecular complexity index is 1350. The number of sulfonamides is 1. The normalized spacial score (nSPS) is 12.4. The number of nitrogens with zero attached hydrogens (tertiary/aromatic N) is 2. The van der Waals surface area contributed by atoms with E-state index >= 15 is 0 Å². The number of carbonyl (C=O) groups excluding carboxylic acids is 2. The Morgan fingerprint density at radius 3 is 1.92 bits per heavy atom. The molecule has 0 bridgehead atoms. The molecule has 0 unspecified atom stereocenters. The van der Waals surface area contributed by atoms with Crippen molar-refractivity contribution in [1.29, 1.82) is 0 Å². The van der Waals surface area contributed by atoms with Gasteiger partial charge in [0.1, 0.15) is 12.6 Å². The molecule has 0 aromatic heterocycles. The summed E-state index contributed by atoms with van der Waals surface area (Å²) >= 11 is 0. The summed E-state index contributed by atoms with van der Waals surface area (Å²) in [5.41, 5.74) is 2.50. The second-order valence-corrected chi connectivity index (χ2v) is 12.6. The molecule has 1 N–H and O–H groups in total. The van der Waals surface area contributed by atoms with Gasteiger partial charge in [-0.05, 0) is 49.9 Å². The highest BCUT2D eigenvalue weighted by Crippen LogP contribution is 2.24. The van der Waals surface area contributed by atoms with Crippen LogP contribution in [-0.2, 0) is 39.0 Å². The second kappa shape index (κ2) is 12.9. The molecule has 0 aliphatic carbocycles. The molecule has 3 aromatic rings. The summed E-state index contributed by atoms with van der Waals surface area (Å²) in [5.74, 6) is -0.754. The molecule has 0 saturated carbocycles. The van der Waals surface area contributed by atoms with Gasteiger partial charge in [0.05, 0.1) is 11.9 Å². The minimum atomic E-state index is -3.80. The number of anilines is 1. The van der Waals surface area contributed by atoms with Crippen molar-refractivity contribution in [2.24, 2.45) is 0 Å². The Kier molecular flexibility index (Phi) is 9.92. The summed E-state index contributed by atoms with van der Waals surface area (Å²) in [7, 11) is -3.80. The van der Waals surface area contributed by atoms with Gasteiger partial charge in [-0.25, -0.2) is 8.42 Å². The van der Waals surface area contributed by atoms with Crippen LogP contribution in [0.25, 0.3) is 0 Å². The lowest BCUT2D eigenvalue weighted by atomic mass is 10.0. The van der Waals surface area contributed by atoms with Crippen molar-refractivity contribution < 1.29 is 18.0 Å². The van der Waals surface area contributed by atoms with Crippen LogP contribution in [-0.4, -0.2) is 49.5 Å². The average molecular weight is 550 g/mol. The molecule has 0 radical (unpaired) electrons. The van der Waals surface area contributed by atoms with Crippen molar-refractivity contribution in [1.82, 2.24) is 10.2 Å². The van der Waals surface area contributed by atoms with Crippen LogP contribution in [0.1, 0.15) is 44.4 Å². The van der Waals surface area contributed by atoms with E-state index in [1.807, 2.05) is 100 Å². The fourth-order valence-corrected chi connectivity index (χ4v) is 5.32. The van der Waals surface area contributed by atoms with Gasteiger partial charge in [0.25, 0.3) is 0 Å². The van der Waals surface area contributed by atoms with Gasteiger partial charge in [0.15, 0.2) is 0 Å². The standard InChI is InChI=1S/C31H39N3O4S/c1-6-26-19-13-14-20-27(26)34(39(5,37)38)23-29(35)33(22-25-17-11-8-12-18-25)28(30(36)32-31(2,3)4)21-24-15-9-7-10-16-24/h7-20,28H,6,21-23H2,1-5H3,(H,32,36)/t28-/m0/s1. The fraction of sp³-hybridized carbons (Fsp3) is 0.355. The molecule has 0 aliphatic heterocycles. The van der Waals surface area contributed by atoms with Crippen LogP contribution in [0.15, 0.2) is 84.9 Å². The van der Waals surface area contributed by atoms with Crippen LogP contribution in [0.5, 0.6) is 0 Å². The van der Waals surface area contributed by atoms with Crippen molar-refractivity contribution in [3.05, 3.63) is 102 Å². The maximum absolute atomic E-state index is 14.1. The van der Waals surface area contributed by atoms with Gasteiger partial charge in [-0.2, -0.15) is 0 Å². The first-order valence-corrected chi connectivity index (χ1v) is 15.0. The van der Waals surface area contributed by atoms with Crippen LogP contribution in [0, 0.1) is 0 Å². The number of rotatable bonds is 11. The van der Waals surface area contributed by atoms with Crippen LogP contribution in [0.2, 0.25) is 0 Å². The van der Waals surface area contributed by atoms with Gasteiger partial charge in [0, 0.05) is 18.5 Å². The number of hydrogen-bond acceptors (Lipinski definition) is 4. The number of carbonyl (C=O) groups is 2. The van der Waals surface area contributed by atoms with E-state index in [1.165, 1.54) is 4.90 Å². The van der Waals surface area contributed by atoms with Crippen molar-refractivity contribution >= 4 is 27.5 Å². The van der Waals surface area contributed by atoms with E-state index in [9.17, 15) is 18.0 Å². The van der Waals surface area contributed by atoms with E-state index in [4.69, 9.17) is 0 Å². The summed E-state index contributed by atoms with van der Waals surface area (Å²) in [6, 6.07) is 25.3. The molecule has 0 fully saturated rings. The van der Waals surface area contributed by atoms with Gasteiger partial charge >= 0.3 is 0 Å². The second-order valence-electron chi connectivity index (χ2n) is 10.7. The lowest BCUT2D eigenvalue weighted by molar-refractivity contribution is -0.140. The Hall–Kier alpha value is -3.65. The Balaban J connectivity index is 2.07. The predicted octanol–water partition coefficient (Wildman–Crippen LogP) is 4.57. The molecule has 1 atom stereocenters. The Morgan fingerprint density at radius 1 is 0.846 bits per heavy atom. The maximum Gasteiger partial charge on any atom is 0.244 e. The van der Waals surface area contributed by atoms with Gasteiger partial charge < -0.3 is 10.2 Å². The molecule has 3 rings (SSSR count). The number of para-hydroxylation sites is 1. The first kappa shape index (κ1) is 29.9. The first-order valence-electron chi connectivity index (χ1n) is 13.1. The molecule has 39 heavy (non-hydrogen) atoms. The Labute approximate surface area is 232 Å². The summed E-state index contributed by atoms with van der Waals surface area (Å²) in [5, 5.41) is 3.03. The highest BCUT2D eigenvalue weighted by molar-refractivity contribution is 7.92. The molecule has 8 heteroatoms. The summed E-state index contributed by atoms with van der Waals surface area (Å²) in [4.78, 5) is 29.3. The molecule has 0 saturated heterocycles. The number of benzene rings is 3. The minimum Gasteiger partial charge on any atom is -0.350 e. The van der Waals surface area contributed by atoms with Crippen LogP contribution >= 0.6 is 0 Å². The molecule has 0 spiro atoms. The highest BCUT2D eigenvalue weighted by atomic mass is 32.2. The topological polar surface area (TPSA) is 86.8 Å². The SMILES string of the molecule is CCc1ccccc1N(CC(=O)N(Cc1ccccc1)[C@@H](Cc1ccccc1)C(=O)NC(C)(C)C)S(C)(=O)=O. The van der Waals surface area contributed by atoms with Gasteiger partial charge in [-0.1, -0.05) is 85.8 Å². The number of nitrogens with one attached hydrogen (secondary N) is 1. The number of hydrogen-bond donors (Lipinski definition) is 1. The third-order valence-corrected chi connectivity index (χ3v) is 7.41. The summed E-state index contributed by atoms with van der Waals surface area (Å²) in [6.45, 7) is 7.34. The van der Waals surface area contributed by atoms with E-state index in [2.05, 4.69) is 5.32 Å². The third-order valence-electron chi connectivity index (χ3n) is 6.29. The zero-order chi connectivity index (χ0) is 28.6. The van der Waals surface area contributed by atoms with E-state index in [0.29, 0.717) is 12.1 Å². The smallest absolute Gasteiger partial charge is 0.244 e. The van der Waals surface area contributed by atoms with Crippen LogP contribution < -0.4 is 9.62 Å². The Morgan fingerprint density at radius 2 is 1.38 bits per heavy atom. The van der Waals surface area contributed by atoms with Gasteiger partial charge in [-0.15, -0.1) is 0 Å². The molecule has 0 aliphatic rings. The lowest BCUT2D eigenvalue weighted by Gasteiger charge is -2.35. The highest BCUT2D eigenvalue weighted by Gasteiger charge is 2.34. The van der Waals surface area contributed by atoms with E-state index < -0.39 is 34.1 Å². The van der Waals surface area contributed by atoms with Crippen LogP contribution in [0.4, 0.5) is 5.69 Å². The molecule has 0 heterocycles. The van der Waals surface area contributed by atoms with E-state index in [1.54, 1.807) is 12.1 Å². The maximum atomic E-state index is 14.1. The molecular weight excluding hydrogens is 510 g/mol. The summed E-state index contributed by atoms with van der Waals surface area (Å²) in [6.07, 6.45) is 1.99. The van der Waals surface area contributed by atoms with Crippen molar-refractivity contribution in [2.45, 2.75) is 58.7 Å². The van der Waals surface area contributed by atoms with Crippen molar-refractivity contribution in [2.75, 3.05) is 17.1 Å². The molecule has 2 amide bonds. The van der Waals surface area contributed by atoms with Gasteiger partial charge in [-0.3, -0.25) is 13.9 Å². The quantitative estimate of drug-likeness (QED) is 0.380. The number of amides is 2. The predicted molar refractivity (Wildman–Crippen MR) is 157 cm³/mol. The number of aryl methyl sites for hydroxylation is 1.